The van der Waals surface area contributed by atoms with Crippen molar-refractivity contribution in [1.82, 2.24) is 5.32 Å². The van der Waals surface area contributed by atoms with Crippen LogP contribution < -0.4 is 5.32 Å². The molecule has 2 rings (SSSR count). The van der Waals surface area contributed by atoms with Crippen LogP contribution in [0.2, 0.25) is 0 Å². The molecule has 0 aromatic heterocycles. The standard InChI is InChI=1S/C11H21N/c1-8-3-5-10-9(7-8)4-6-11(10)12-2/h8-12H,3-7H2,1-2H3/t8-,9?,10?,11?/m1/s1. The number of hydrogen-bond acceptors (Lipinski definition) is 1. The van der Waals surface area contributed by atoms with Gasteiger partial charge in [0.1, 0.15) is 0 Å². The molecule has 0 radical (unpaired) electrons. The van der Waals surface area contributed by atoms with Crippen LogP contribution in [0.15, 0.2) is 0 Å². The summed E-state index contributed by atoms with van der Waals surface area (Å²) in [4.78, 5) is 0. The highest BCUT2D eigenvalue weighted by Crippen LogP contribution is 2.44. The summed E-state index contributed by atoms with van der Waals surface area (Å²) in [5.74, 6) is 3.08. The Morgan fingerprint density at radius 3 is 2.67 bits per heavy atom. The van der Waals surface area contributed by atoms with Gasteiger partial charge in [0.25, 0.3) is 0 Å². The van der Waals surface area contributed by atoms with Crippen molar-refractivity contribution in [3.05, 3.63) is 0 Å². The summed E-state index contributed by atoms with van der Waals surface area (Å²) in [6.45, 7) is 2.42. The number of fused-ring (bicyclic) bond motifs is 1. The predicted molar refractivity (Wildman–Crippen MR) is 52.1 cm³/mol. The first-order valence-corrected chi connectivity index (χ1v) is 5.48. The van der Waals surface area contributed by atoms with E-state index in [0.717, 1.165) is 23.8 Å². The van der Waals surface area contributed by atoms with E-state index in [9.17, 15) is 0 Å². The van der Waals surface area contributed by atoms with Gasteiger partial charge in [-0.3, -0.25) is 0 Å². The Kier molecular flexibility index (Phi) is 2.40. The average molecular weight is 167 g/mol. The van der Waals surface area contributed by atoms with Gasteiger partial charge in [-0.2, -0.15) is 0 Å². The topological polar surface area (TPSA) is 12.0 Å². The lowest BCUT2D eigenvalue weighted by molar-refractivity contribution is 0.200. The summed E-state index contributed by atoms with van der Waals surface area (Å²) in [5.41, 5.74) is 0. The summed E-state index contributed by atoms with van der Waals surface area (Å²) < 4.78 is 0. The van der Waals surface area contributed by atoms with Gasteiger partial charge in [-0.05, 0) is 50.5 Å². The van der Waals surface area contributed by atoms with Crippen molar-refractivity contribution in [1.29, 1.82) is 0 Å². The molecular weight excluding hydrogens is 146 g/mol. The summed E-state index contributed by atoms with van der Waals surface area (Å²) in [5, 5.41) is 3.48. The van der Waals surface area contributed by atoms with Gasteiger partial charge in [0.15, 0.2) is 0 Å². The molecule has 4 atom stereocenters. The molecule has 1 N–H and O–H groups in total. The van der Waals surface area contributed by atoms with Crippen LogP contribution in [0.25, 0.3) is 0 Å². The smallest absolute Gasteiger partial charge is 0.00950 e. The second-order valence-corrected chi connectivity index (χ2v) is 4.81. The molecule has 1 heteroatoms. The fourth-order valence-electron chi connectivity index (χ4n) is 3.35. The van der Waals surface area contributed by atoms with Crippen LogP contribution in [0.4, 0.5) is 0 Å². The van der Waals surface area contributed by atoms with E-state index in [2.05, 4.69) is 19.3 Å². The number of rotatable bonds is 1. The van der Waals surface area contributed by atoms with Crippen molar-refractivity contribution >= 4 is 0 Å². The fraction of sp³-hybridized carbons (Fsp3) is 1.00. The minimum absolute atomic E-state index is 0.850. The first-order chi connectivity index (χ1) is 5.81. The zero-order valence-corrected chi connectivity index (χ0v) is 8.34. The van der Waals surface area contributed by atoms with Crippen LogP contribution in [0.1, 0.15) is 39.0 Å². The van der Waals surface area contributed by atoms with Crippen molar-refractivity contribution < 1.29 is 0 Å². The van der Waals surface area contributed by atoms with Gasteiger partial charge in [0.2, 0.25) is 0 Å². The zero-order valence-electron chi connectivity index (χ0n) is 8.34. The summed E-state index contributed by atoms with van der Waals surface area (Å²) >= 11 is 0. The molecule has 2 aliphatic rings. The lowest BCUT2D eigenvalue weighted by Crippen LogP contribution is -2.34. The summed E-state index contributed by atoms with van der Waals surface area (Å²) in [6, 6.07) is 0.850. The Hall–Kier alpha value is -0.0400. The van der Waals surface area contributed by atoms with Gasteiger partial charge in [-0.1, -0.05) is 13.3 Å². The third kappa shape index (κ3) is 1.39. The van der Waals surface area contributed by atoms with Crippen LogP contribution in [0.5, 0.6) is 0 Å². The maximum Gasteiger partial charge on any atom is 0.00950 e. The second-order valence-electron chi connectivity index (χ2n) is 4.81. The summed E-state index contributed by atoms with van der Waals surface area (Å²) in [6.07, 6.45) is 7.37. The van der Waals surface area contributed by atoms with Gasteiger partial charge in [0, 0.05) is 6.04 Å². The third-order valence-corrected chi connectivity index (χ3v) is 4.04. The van der Waals surface area contributed by atoms with E-state index in [1.165, 1.54) is 32.1 Å². The molecule has 0 saturated heterocycles. The lowest BCUT2D eigenvalue weighted by atomic mass is 9.75. The Morgan fingerprint density at radius 1 is 1.08 bits per heavy atom. The molecule has 3 unspecified atom stereocenters. The monoisotopic (exact) mass is 167 g/mol. The Morgan fingerprint density at radius 2 is 1.92 bits per heavy atom. The van der Waals surface area contributed by atoms with E-state index in [1.807, 2.05) is 0 Å². The molecule has 70 valence electrons. The third-order valence-electron chi connectivity index (χ3n) is 4.04. The van der Waals surface area contributed by atoms with Gasteiger partial charge in [-0.15, -0.1) is 0 Å². The van der Waals surface area contributed by atoms with E-state index in [4.69, 9.17) is 0 Å². The van der Waals surface area contributed by atoms with Crippen LogP contribution >= 0.6 is 0 Å². The predicted octanol–water partition coefficient (Wildman–Crippen LogP) is 2.42. The fourth-order valence-corrected chi connectivity index (χ4v) is 3.35. The van der Waals surface area contributed by atoms with Crippen molar-refractivity contribution in [3.63, 3.8) is 0 Å². The molecule has 0 heterocycles. The average Bonchev–Trinajstić information content (AvgIpc) is 2.46. The van der Waals surface area contributed by atoms with E-state index < -0.39 is 0 Å². The molecule has 0 bridgehead atoms. The van der Waals surface area contributed by atoms with Crippen molar-refractivity contribution in [2.45, 2.75) is 45.1 Å². The molecule has 2 aliphatic carbocycles. The molecule has 2 saturated carbocycles. The van der Waals surface area contributed by atoms with Gasteiger partial charge in [0.05, 0.1) is 0 Å². The Balaban J connectivity index is 1.98. The molecule has 0 aromatic carbocycles. The highest BCUT2D eigenvalue weighted by molar-refractivity contribution is 4.92. The van der Waals surface area contributed by atoms with E-state index in [-0.39, 0.29) is 0 Å². The maximum atomic E-state index is 3.48. The zero-order chi connectivity index (χ0) is 8.55. The molecule has 0 aliphatic heterocycles. The van der Waals surface area contributed by atoms with E-state index >= 15 is 0 Å². The molecule has 1 nitrogen and oxygen atoms in total. The first-order valence-electron chi connectivity index (χ1n) is 5.48. The number of hydrogen-bond donors (Lipinski definition) is 1. The van der Waals surface area contributed by atoms with E-state index in [1.54, 1.807) is 0 Å². The highest BCUT2D eigenvalue weighted by atomic mass is 14.9. The Bertz CT molecular complexity index is 155. The van der Waals surface area contributed by atoms with Crippen LogP contribution in [0, 0.1) is 17.8 Å². The van der Waals surface area contributed by atoms with E-state index in [0.29, 0.717) is 0 Å². The second kappa shape index (κ2) is 3.37. The van der Waals surface area contributed by atoms with Crippen molar-refractivity contribution in [2.75, 3.05) is 7.05 Å². The molecule has 0 amide bonds. The quantitative estimate of drug-likeness (QED) is 0.632. The highest BCUT2D eigenvalue weighted by Gasteiger charge is 2.38. The SMILES string of the molecule is CNC1CCC2C[C@H](C)CCC21. The molecule has 12 heavy (non-hydrogen) atoms. The number of nitrogens with one attached hydrogen (secondary N) is 1. The summed E-state index contributed by atoms with van der Waals surface area (Å²) in [7, 11) is 2.13. The molecule has 2 fully saturated rings. The van der Waals surface area contributed by atoms with Gasteiger partial charge >= 0.3 is 0 Å². The van der Waals surface area contributed by atoms with Crippen LogP contribution in [0.3, 0.4) is 0 Å². The Labute approximate surface area is 75.9 Å². The van der Waals surface area contributed by atoms with Crippen LogP contribution in [-0.4, -0.2) is 13.1 Å². The van der Waals surface area contributed by atoms with Gasteiger partial charge in [-0.25, -0.2) is 0 Å². The maximum absolute atomic E-state index is 3.48. The first kappa shape index (κ1) is 8.55. The largest absolute Gasteiger partial charge is 0.317 e. The normalized spacial score (nSPS) is 47.5. The van der Waals surface area contributed by atoms with Gasteiger partial charge < -0.3 is 5.32 Å². The van der Waals surface area contributed by atoms with Crippen molar-refractivity contribution in [3.8, 4) is 0 Å². The molecule has 0 aromatic rings. The lowest BCUT2D eigenvalue weighted by Gasteiger charge is -2.32. The van der Waals surface area contributed by atoms with Crippen molar-refractivity contribution in [2.24, 2.45) is 17.8 Å². The minimum atomic E-state index is 0.850. The molecule has 0 spiro atoms. The van der Waals surface area contributed by atoms with Crippen LogP contribution in [-0.2, 0) is 0 Å². The minimum Gasteiger partial charge on any atom is -0.317 e. The molecular formula is C11H21N.